The van der Waals surface area contributed by atoms with Crippen LogP contribution < -0.4 is 10.5 Å². The van der Waals surface area contributed by atoms with E-state index in [1.807, 2.05) is 11.1 Å². The van der Waals surface area contributed by atoms with Crippen molar-refractivity contribution in [1.82, 2.24) is 9.63 Å². The second kappa shape index (κ2) is 3.46. The van der Waals surface area contributed by atoms with Crippen molar-refractivity contribution < 1.29 is 4.84 Å². The standard InChI is InChI=1S/C11H12N4O2/c1-13-10(16)4-3-9-11(13)15-7-14(17-2)6-8(15)5-12-9/h3-6H,7H2,1-2H3. The van der Waals surface area contributed by atoms with Crippen LogP contribution in [0.15, 0.2) is 33.8 Å². The predicted octanol–water partition coefficient (Wildman–Crippen LogP) is 0.583. The Balaban J connectivity index is 2.16. The number of hydrogen-bond acceptors (Lipinski definition) is 5. The zero-order valence-corrected chi connectivity index (χ0v) is 9.62. The van der Waals surface area contributed by atoms with Gasteiger partial charge in [0.25, 0.3) is 5.56 Å². The number of anilines is 1. The van der Waals surface area contributed by atoms with Crippen LogP contribution in [-0.4, -0.2) is 29.6 Å². The minimum atomic E-state index is -0.0453. The highest BCUT2D eigenvalue weighted by Gasteiger charge is 2.28. The summed E-state index contributed by atoms with van der Waals surface area (Å²) in [6.45, 7) is 0.558. The minimum absolute atomic E-state index is 0.0453. The van der Waals surface area contributed by atoms with Gasteiger partial charge in [-0.1, -0.05) is 0 Å². The molecule has 6 heteroatoms. The number of allylic oxidation sites excluding steroid dienone is 1. The van der Waals surface area contributed by atoms with Crippen molar-refractivity contribution in [2.45, 2.75) is 0 Å². The van der Waals surface area contributed by atoms with Crippen molar-refractivity contribution in [3.63, 3.8) is 0 Å². The molecule has 2 aliphatic heterocycles. The topological polar surface area (TPSA) is 50.1 Å². The van der Waals surface area contributed by atoms with Crippen molar-refractivity contribution in [2.75, 3.05) is 18.7 Å². The highest BCUT2D eigenvalue weighted by molar-refractivity contribution is 5.92. The fourth-order valence-corrected chi connectivity index (χ4v) is 2.05. The quantitative estimate of drug-likeness (QED) is 0.711. The van der Waals surface area contributed by atoms with E-state index in [0.717, 1.165) is 17.2 Å². The molecule has 0 aromatic carbocycles. The van der Waals surface area contributed by atoms with Crippen LogP contribution in [0.4, 0.5) is 11.5 Å². The summed E-state index contributed by atoms with van der Waals surface area (Å²) in [5, 5.41) is 1.69. The van der Waals surface area contributed by atoms with Crippen molar-refractivity contribution in [3.8, 4) is 0 Å². The molecule has 0 saturated heterocycles. The molecule has 88 valence electrons. The van der Waals surface area contributed by atoms with E-state index < -0.39 is 0 Å². The Morgan fingerprint density at radius 2 is 2.24 bits per heavy atom. The lowest BCUT2D eigenvalue weighted by molar-refractivity contribution is -0.0791. The first kappa shape index (κ1) is 10.1. The summed E-state index contributed by atoms with van der Waals surface area (Å²) >= 11 is 0. The number of hydrogen-bond donors (Lipinski definition) is 0. The fraction of sp³-hybridized carbons (Fsp3) is 0.273. The summed E-state index contributed by atoms with van der Waals surface area (Å²) in [7, 11) is 3.35. The third-order valence-electron chi connectivity index (χ3n) is 2.96. The molecule has 0 N–H and O–H groups in total. The molecular weight excluding hydrogens is 220 g/mol. The van der Waals surface area contributed by atoms with Gasteiger partial charge in [0.2, 0.25) is 0 Å². The molecule has 0 spiro atoms. The molecule has 0 saturated carbocycles. The van der Waals surface area contributed by atoms with E-state index in [9.17, 15) is 4.79 Å². The Kier molecular flexibility index (Phi) is 2.05. The van der Waals surface area contributed by atoms with Gasteiger partial charge in [0, 0.05) is 13.1 Å². The van der Waals surface area contributed by atoms with Crippen LogP contribution in [0.5, 0.6) is 0 Å². The average molecular weight is 232 g/mol. The van der Waals surface area contributed by atoms with Crippen LogP contribution in [0.1, 0.15) is 0 Å². The van der Waals surface area contributed by atoms with Crippen molar-refractivity contribution >= 4 is 17.7 Å². The highest BCUT2D eigenvalue weighted by atomic mass is 16.7. The predicted molar refractivity (Wildman–Crippen MR) is 64.1 cm³/mol. The average Bonchev–Trinajstić information content (AvgIpc) is 2.76. The molecule has 3 rings (SSSR count). The van der Waals surface area contributed by atoms with Gasteiger partial charge in [-0.15, -0.1) is 0 Å². The van der Waals surface area contributed by atoms with E-state index in [1.165, 1.54) is 6.07 Å². The lowest BCUT2D eigenvalue weighted by atomic mass is 10.3. The van der Waals surface area contributed by atoms with Gasteiger partial charge in [0.15, 0.2) is 0 Å². The largest absolute Gasteiger partial charge is 0.302 e. The maximum Gasteiger partial charge on any atom is 0.251 e. The van der Waals surface area contributed by atoms with E-state index >= 15 is 0 Å². The number of hydroxylamine groups is 2. The van der Waals surface area contributed by atoms with Crippen molar-refractivity contribution in [1.29, 1.82) is 0 Å². The Morgan fingerprint density at radius 1 is 1.41 bits per heavy atom. The van der Waals surface area contributed by atoms with Crippen LogP contribution in [0.2, 0.25) is 0 Å². The molecule has 0 amide bonds. The second-order valence-electron chi connectivity index (χ2n) is 3.92. The van der Waals surface area contributed by atoms with E-state index in [-0.39, 0.29) is 5.56 Å². The van der Waals surface area contributed by atoms with Gasteiger partial charge in [-0.25, -0.2) is 5.06 Å². The summed E-state index contributed by atoms with van der Waals surface area (Å²) in [4.78, 5) is 23.1. The molecule has 17 heavy (non-hydrogen) atoms. The molecule has 1 aromatic rings. The number of nitrogens with zero attached hydrogens (tertiary/aromatic N) is 4. The van der Waals surface area contributed by atoms with Crippen LogP contribution in [0.25, 0.3) is 0 Å². The van der Waals surface area contributed by atoms with Crippen molar-refractivity contribution in [3.05, 3.63) is 34.4 Å². The summed E-state index contributed by atoms with van der Waals surface area (Å²) in [6.07, 6.45) is 3.62. The van der Waals surface area contributed by atoms with Crippen molar-refractivity contribution in [2.24, 2.45) is 12.0 Å². The van der Waals surface area contributed by atoms with Gasteiger partial charge in [-0.3, -0.25) is 19.2 Å². The molecule has 2 aliphatic rings. The highest BCUT2D eigenvalue weighted by Crippen LogP contribution is 2.34. The Morgan fingerprint density at radius 3 is 3.00 bits per heavy atom. The Bertz CT molecular complexity index is 588. The molecule has 0 unspecified atom stereocenters. The number of pyridine rings is 1. The number of fused-ring (bicyclic) bond motifs is 3. The lowest BCUT2D eigenvalue weighted by Gasteiger charge is -2.27. The van der Waals surface area contributed by atoms with Gasteiger partial charge < -0.3 is 4.90 Å². The third-order valence-corrected chi connectivity index (χ3v) is 2.96. The van der Waals surface area contributed by atoms with Crippen LogP contribution in [-0.2, 0) is 11.9 Å². The number of aromatic nitrogens is 1. The first-order valence-corrected chi connectivity index (χ1v) is 5.25. The minimum Gasteiger partial charge on any atom is -0.302 e. The van der Waals surface area contributed by atoms with Gasteiger partial charge in [0.05, 0.1) is 25.2 Å². The van der Waals surface area contributed by atoms with E-state index in [1.54, 1.807) is 36.1 Å². The molecular formula is C11H12N4O2. The molecule has 1 aromatic heterocycles. The molecule has 0 bridgehead atoms. The van der Waals surface area contributed by atoms with E-state index in [2.05, 4.69) is 4.99 Å². The summed E-state index contributed by atoms with van der Waals surface area (Å²) < 4.78 is 1.60. The van der Waals surface area contributed by atoms with Gasteiger partial charge in [-0.2, -0.15) is 0 Å². The Labute approximate surface area is 98.0 Å². The molecule has 6 nitrogen and oxygen atoms in total. The first-order valence-electron chi connectivity index (χ1n) is 5.25. The fourth-order valence-electron chi connectivity index (χ4n) is 2.05. The molecule has 3 heterocycles. The maximum absolute atomic E-state index is 11.7. The molecule has 0 fully saturated rings. The Hall–Kier alpha value is -2.08. The number of rotatable bonds is 1. The summed E-state index contributed by atoms with van der Waals surface area (Å²) in [5.41, 5.74) is 1.67. The van der Waals surface area contributed by atoms with Crippen LogP contribution in [0, 0.1) is 0 Å². The van der Waals surface area contributed by atoms with Gasteiger partial charge >= 0.3 is 0 Å². The smallest absolute Gasteiger partial charge is 0.251 e. The number of aliphatic imine (C=N–C) groups is 1. The monoisotopic (exact) mass is 232 g/mol. The van der Waals surface area contributed by atoms with Gasteiger partial charge in [0.1, 0.15) is 18.2 Å². The third kappa shape index (κ3) is 1.38. The molecule has 0 radical (unpaired) electrons. The molecule has 0 atom stereocenters. The van der Waals surface area contributed by atoms with Crippen LogP contribution in [0.3, 0.4) is 0 Å². The van der Waals surface area contributed by atoms with E-state index in [0.29, 0.717) is 6.67 Å². The van der Waals surface area contributed by atoms with Gasteiger partial charge in [-0.05, 0) is 6.07 Å². The zero-order valence-electron chi connectivity index (χ0n) is 9.62. The first-order chi connectivity index (χ1) is 8.20. The molecule has 0 aliphatic carbocycles. The van der Waals surface area contributed by atoms with E-state index in [4.69, 9.17) is 4.84 Å². The summed E-state index contributed by atoms with van der Waals surface area (Å²) in [5.74, 6) is 0.797. The normalized spacial score (nSPS) is 16.9. The lowest BCUT2D eigenvalue weighted by Crippen LogP contribution is -2.32. The maximum atomic E-state index is 11.7. The zero-order chi connectivity index (χ0) is 12.0. The summed E-state index contributed by atoms with van der Waals surface area (Å²) in [6, 6.07) is 3.26. The van der Waals surface area contributed by atoms with Crippen LogP contribution >= 0.6 is 0 Å². The SMILES string of the molecule is CON1C=C2C=Nc3ccc(=O)n(C)c3N2C1. The second-order valence-corrected chi connectivity index (χ2v) is 3.92.